The Hall–Kier alpha value is -5.05. The van der Waals surface area contributed by atoms with E-state index in [1.54, 1.807) is 24.5 Å². The standard InChI is InChI=1S/C41H50N4O5/c1-6-8-9-10-11-24-50-35-22-18-30(19-23-35)33-26-42-37(43-27-33)31-14-12-29(13-15-31)25-36(39(47)44-28(3)40(48)49)45-38(46)32-16-20-34(21-17-32)41(4,5)7-2/h12-23,26-28,36H,6-11,24-25H2,1-5H3,(H,44,47)(H,45,46)(H,48,49)/t28-,36+/m1/s1. The number of nitrogens with zero attached hydrogens (tertiary/aromatic N) is 2. The van der Waals surface area contributed by atoms with Gasteiger partial charge in [-0.15, -0.1) is 0 Å². The highest BCUT2D eigenvalue weighted by molar-refractivity contribution is 5.98. The summed E-state index contributed by atoms with van der Waals surface area (Å²) in [6.07, 6.45) is 10.7. The molecule has 4 aromatic rings. The first-order valence-corrected chi connectivity index (χ1v) is 17.6. The lowest BCUT2D eigenvalue weighted by Crippen LogP contribution is -2.51. The lowest BCUT2D eigenvalue weighted by Gasteiger charge is -2.24. The van der Waals surface area contributed by atoms with E-state index in [0.717, 1.165) is 53.0 Å². The number of benzene rings is 3. The fourth-order valence-corrected chi connectivity index (χ4v) is 5.39. The molecule has 2 atom stereocenters. The number of hydrogen-bond acceptors (Lipinski definition) is 6. The highest BCUT2D eigenvalue weighted by Crippen LogP contribution is 2.27. The third-order valence-corrected chi connectivity index (χ3v) is 9.17. The van der Waals surface area contributed by atoms with Crippen LogP contribution in [0.3, 0.4) is 0 Å². The number of aliphatic carboxylic acids is 1. The van der Waals surface area contributed by atoms with Crippen molar-refractivity contribution in [1.29, 1.82) is 0 Å². The molecule has 0 saturated heterocycles. The van der Waals surface area contributed by atoms with Crippen molar-refractivity contribution in [2.45, 2.75) is 97.1 Å². The Morgan fingerprint density at radius 3 is 2.00 bits per heavy atom. The summed E-state index contributed by atoms with van der Waals surface area (Å²) in [6.45, 7) is 10.7. The molecule has 0 spiro atoms. The van der Waals surface area contributed by atoms with Crippen molar-refractivity contribution in [3.63, 3.8) is 0 Å². The molecule has 1 aromatic heterocycles. The Morgan fingerprint density at radius 1 is 0.780 bits per heavy atom. The van der Waals surface area contributed by atoms with E-state index in [1.807, 2.05) is 60.7 Å². The minimum atomic E-state index is -1.16. The van der Waals surface area contributed by atoms with Crippen LogP contribution in [0.25, 0.3) is 22.5 Å². The van der Waals surface area contributed by atoms with Crippen molar-refractivity contribution in [3.05, 3.63) is 102 Å². The monoisotopic (exact) mass is 678 g/mol. The number of carboxylic acid groups (broad SMARTS) is 1. The summed E-state index contributed by atoms with van der Waals surface area (Å²) in [7, 11) is 0. The van der Waals surface area contributed by atoms with Crippen LogP contribution in [0.1, 0.15) is 94.6 Å². The Balaban J connectivity index is 1.40. The second-order valence-electron chi connectivity index (χ2n) is 13.4. The van der Waals surface area contributed by atoms with E-state index in [0.29, 0.717) is 11.4 Å². The minimum absolute atomic E-state index is 0.0294. The minimum Gasteiger partial charge on any atom is -0.494 e. The van der Waals surface area contributed by atoms with Gasteiger partial charge in [-0.3, -0.25) is 14.4 Å². The van der Waals surface area contributed by atoms with Gasteiger partial charge in [-0.1, -0.05) is 102 Å². The molecule has 0 radical (unpaired) electrons. The summed E-state index contributed by atoms with van der Waals surface area (Å²) in [5.41, 5.74) is 4.95. The van der Waals surface area contributed by atoms with Crippen molar-refractivity contribution in [3.8, 4) is 28.3 Å². The van der Waals surface area contributed by atoms with Crippen LogP contribution in [0.5, 0.6) is 5.75 Å². The number of ether oxygens (including phenoxy) is 1. The van der Waals surface area contributed by atoms with Crippen LogP contribution in [-0.4, -0.2) is 51.5 Å². The molecule has 0 fully saturated rings. The first kappa shape index (κ1) is 37.8. The quantitative estimate of drug-likeness (QED) is 0.0917. The normalized spacial score (nSPS) is 12.5. The zero-order valence-corrected chi connectivity index (χ0v) is 29.9. The Bertz CT molecular complexity index is 1690. The molecule has 0 bridgehead atoms. The summed E-state index contributed by atoms with van der Waals surface area (Å²) < 4.78 is 5.89. The van der Waals surface area contributed by atoms with Gasteiger partial charge in [-0.2, -0.15) is 0 Å². The molecule has 0 aliphatic carbocycles. The molecule has 0 aliphatic rings. The molecule has 50 heavy (non-hydrogen) atoms. The average Bonchev–Trinajstić information content (AvgIpc) is 3.13. The smallest absolute Gasteiger partial charge is 0.325 e. The van der Waals surface area contributed by atoms with Crippen LogP contribution < -0.4 is 15.4 Å². The van der Waals surface area contributed by atoms with Gasteiger partial charge >= 0.3 is 5.97 Å². The number of rotatable bonds is 18. The number of carbonyl (C=O) groups is 3. The maximum absolute atomic E-state index is 13.2. The Labute approximate surface area is 295 Å². The van der Waals surface area contributed by atoms with Crippen LogP contribution in [0, 0.1) is 0 Å². The predicted molar refractivity (Wildman–Crippen MR) is 197 cm³/mol. The second kappa shape index (κ2) is 18.1. The highest BCUT2D eigenvalue weighted by atomic mass is 16.5. The van der Waals surface area contributed by atoms with E-state index in [-0.39, 0.29) is 11.8 Å². The topological polar surface area (TPSA) is 131 Å². The third kappa shape index (κ3) is 10.7. The van der Waals surface area contributed by atoms with Crippen molar-refractivity contribution < 1.29 is 24.2 Å². The summed E-state index contributed by atoms with van der Waals surface area (Å²) in [5, 5.41) is 14.6. The molecule has 0 aliphatic heterocycles. The Morgan fingerprint density at radius 2 is 1.40 bits per heavy atom. The molecule has 264 valence electrons. The number of nitrogens with one attached hydrogen (secondary N) is 2. The number of unbranched alkanes of at least 4 members (excludes halogenated alkanes) is 4. The van der Waals surface area contributed by atoms with Gasteiger partial charge in [0.1, 0.15) is 17.8 Å². The van der Waals surface area contributed by atoms with Crippen molar-refractivity contribution in [1.82, 2.24) is 20.6 Å². The maximum atomic E-state index is 13.2. The number of amides is 2. The molecular weight excluding hydrogens is 628 g/mol. The number of aromatic nitrogens is 2. The van der Waals surface area contributed by atoms with E-state index in [2.05, 4.69) is 48.3 Å². The number of hydrogen-bond donors (Lipinski definition) is 3. The van der Waals surface area contributed by atoms with Crippen LogP contribution >= 0.6 is 0 Å². The second-order valence-corrected chi connectivity index (χ2v) is 13.4. The first-order chi connectivity index (χ1) is 24.0. The van der Waals surface area contributed by atoms with E-state index in [4.69, 9.17) is 4.74 Å². The van der Waals surface area contributed by atoms with E-state index < -0.39 is 29.9 Å². The van der Waals surface area contributed by atoms with Crippen molar-refractivity contribution in [2.24, 2.45) is 0 Å². The average molecular weight is 679 g/mol. The lowest BCUT2D eigenvalue weighted by atomic mass is 9.82. The largest absolute Gasteiger partial charge is 0.494 e. The Kier molecular flexibility index (Phi) is 13.7. The molecule has 4 rings (SSSR count). The van der Waals surface area contributed by atoms with Gasteiger partial charge in [0, 0.05) is 35.5 Å². The SMILES string of the molecule is CCCCCCCOc1ccc(-c2cnc(-c3ccc(C[C@H](NC(=O)c4ccc(C(C)(C)CC)cc4)C(=O)N[C@H](C)C(=O)O)cc3)nc2)cc1. The summed E-state index contributed by atoms with van der Waals surface area (Å²) in [6, 6.07) is 20.6. The van der Waals surface area contributed by atoms with Crippen molar-refractivity contribution in [2.75, 3.05) is 6.61 Å². The summed E-state index contributed by atoms with van der Waals surface area (Å²) >= 11 is 0. The zero-order valence-electron chi connectivity index (χ0n) is 29.9. The first-order valence-electron chi connectivity index (χ1n) is 17.6. The van der Waals surface area contributed by atoms with Crippen LogP contribution in [0.2, 0.25) is 0 Å². The van der Waals surface area contributed by atoms with Gasteiger partial charge in [-0.05, 0) is 66.1 Å². The van der Waals surface area contributed by atoms with E-state index in [9.17, 15) is 19.5 Å². The molecule has 3 aromatic carbocycles. The number of carboxylic acids is 1. The third-order valence-electron chi connectivity index (χ3n) is 9.17. The van der Waals surface area contributed by atoms with Crippen LogP contribution in [0.15, 0.2) is 85.2 Å². The van der Waals surface area contributed by atoms with Crippen LogP contribution in [0.4, 0.5) is 0 Å². The van der Waals surface area contributed by atoms with E-state index in [1.165, 1.54) is 32.6 Å². The maximum Gasteiger partial charge on any atom is 0.325 e. The molecule has 0 saturated carbocycles. The van der Waals surface area contributed by atoms with Crippen LogP contribution in [-0.2, 0) is 21.4 Å². The molecule has 1 heterocycles. The lowest BCUT2D eigenvalue weighted by molar-refractivity contribution is -0.141. The molecule has 3 N–H and O–H groups in total. The van der Waals surface area contributed by atoms with Gasteiger partial charge in [0.05, 0.1) is 6.61 Å². The molecular formula is C41H50N4O5. The number of carbonyl (C=O) groups excluding carboxylic acids is 2. The van der Waals surface area contributed by atoms with Gasteiger partial charge < -0.3 is 20.5 Å². The van der Waals surface area contributed by atoms with Crippen molar-refractivity contribution >= 4 is 17.8 Å². The van der Waals surface area contributed by atoms with Gasteiger partial charge in [0.2, 0.25) is 5.91 Å². The van der Waals surface area contributed by atoms with E-state index >= 15 is 0 Å². The fourth-order valence-electron chi connectivity index (χ4n) is 5.39. The summed E-state index contributed by atoms with van der Waals surface area (Å²) in [4.78, 5) is 47.0. The van der Waals surface area contributed by atoms with Gasteiger partial charge in [0.25, 0.3) is 5.91 Å². The molecule has 0 unspecified atom stereocenters. The predicted octanol–water partition coefficient (Wildman–Crippen LogP) is 7.78. The molecule has 9 heteroatoms. The highest BCUT2D eigenvalue weighted by Gasteiger charge is 2.26. The zero-order chi connectivity index (χ0) is 36.1. The summed E-state index contributed by atoms with van der Waals surface area (Å²) in [5.74, 6) is -0.762. The van der Waals surface area contributed by atoms with Gasteiger partial charge in [0.15, 0.2) is 5.82 Å². The molecule has 9 nitrogen and oxygen atoms in total. The molecule has 2 amide bonds. The fraction of sp³-hybridized carbons (Fsp3) is 0.390. The van der Waals surface area contributed by atoms with Gasteiger partial charge in [-0.25, -0.2) is 9.97 Å².